The molecule has 0 spiro atoms. The van der Waals surface area contributed by atoms with Crippen LogP contribution >= 0.6 is 0 Å². The summed E-state index contributed by atoms with van der Waals surface area (Å²) in [7, 11) is 0. The summed E-state index contributed by atoms with van der Waals surface area (Å²) in [4.78, 5) is 14.5. The van der Waals surface area contributed by atoms with Crippen molar-refractivity contribution in [3.63, 3.8) is 0 Å². The molecule has 1 aliphatic heterocycles. The molecule has 0 saturated carbocycles. The number of hydrogen-bond donors (Lipinski definition) is 1. The summed E-state index contributed by atoms with van der Waals surface area (Å²) in [5, 5.41) is 3.10. The number of rotatable bonds is 17. The lowest BCUT2D eigenvalue weighted by Crippen LogP contribution is -2.41. The zero-order valence-electron chi connectivity index (χ0n) is 20.9. The Bertz CT molecular complexity index is 421. The number of carbonyl (C=O) groups excluding carboxylic acids is 1. The maximum atomic E-state index is 12.2. The first-order chi connectivity index (χ1) is 14.4. The summed E-state index contributed by atoms with van der Waals surface area (Å²) in [6, 6.07) is 0. The maximum Gasteiger partial charge on any atom is 0.220 e. The molecule has 0 bridgehead atoms. The lowest BCUT2D eigenvalue weighted by Gasteiger charge is -2.26. The molecule has 4 heteroatoms. The van der Waals surface area contributed by atoms with E-state index < -0.39 is 0 Å². The molecule has 178 valence electrons. The first-order valence-corrected chi connectivity index (χ1v) is 12.9. The molecule has 0 radical (unpaired) electrons. The van der Waals surface area contributed by atoms with Gasteiger partial charge in [-0.05, 0) is 23.7 Å². The number of ether oxygens (including phenoxy) is 1. The van der Waals surface area contributed by atoms with E-state index in [1.165, 1.54) is 57.8 Å². The Morgan fingerprint density at radius 2 is 1.30 bits per heavy atom. The lowest BCUT2D eigenvalue weighted by molar-refractivity contribution is -0.122. The van der Waals surface area contributed by atoms with E-state index in [1.54, 1.807) is 0 Å². The van der Waals surface area contributed by atoms with E-state index in [4.69, 9.17) is 4.74 Å². The molecular weight excluding hydrogens is 372 g/mol. The van der Waals surface area contributed by atoms with E-state index in [1.807, 2.05) is 0 Å². The first kappa shape index (κ1) is 27.4. The molecule has 0 aromatic rings. The zero-order valence-corrected chi connectivity index (χ0v) is 20.9. The number of hydrogen-bond acceptors (Lipinski definition) is 3. The van der Waals surface area contributed by atoms with Crippen molar-refractivity contribution in [3.8, 4) is 0 Å². The monoisotopic (exact) mass is 424 g/mol. The van der Waals surface area contributed by atoms with Gasteiger partial charge >= 0.3 is 0 Å². The quantitative estimate of drug-likeness (QED) is 0.316. The Hall–Kier alpha value is -0.610. The smallest absolute Gasteiger partial charge is 0.220 e. The van der Waals surface area contributed by atoms with E-state index in [0.29, 0.717) is 12.3 Å². The second kappa shape index (κ2) is 17.0. The number of nitrogens with one attached hydrogen (secondary N) is 1. The predicted molar refractivity (Wildman–Crippen MR) is 129 cm³/mol. The van der Waals surface area contributed by atoms with Gasteiger partial charge < -0.3 is 10.1 Å². The molecule has 1 fully saturated rings. The van der Waals surface area contributed by atoms with Gasteiger partial charge in [-0.15, -0.1) is 0 Å². The minimum atomic E-state index is 0.218. The molecular formula is C26H52N2O2. The van der Waals surface area contributed by atoms with Crippen LogP contribution in [0.3, 0.4) is 0 Å². The summed E-state index contributed by atoms with van der Waals surface area (Å²) < 4.78 is 5.36. The predicted octanol–water partition coefficient (Wildman–Crippen LogP) is 5.90. The van der Waals surface area contributed by atoms with Gasteiger partial charge in [-0.3, -0.25) is 9.69 Å². The molecule has 0 aromatic carbocycles. The summed E-state index contributed by atoms with van der Waals surface area (Å²) in [6.07, 6.45) is 12.7. The highest BCUT2D eigenvalue weighted by atomic mass is 16.5. The van der Waals surface area contributed by atoms with Gasteiger partial charge in [-0.2, -0.15) is 0 Å². The maximum absolute atomic E-state index is 12.2. The van der Waals surface area contributed by atoms with Crippen LogP contribution in [-0.4, -0.2) is 50.2 Å². The second-order valence-corrected chi connectivity index (χ2v) is 10.5. The van der Waals surface area contributed by atoms with Crippen molar-refractivity contribution in [2.24, 2.45) is 23.7 Å². The normalized spacial score (nSPS) is 18.3. The fraction of sp³-hybridized carbons (Fsp3) is 0.962. The van der Waals surface area contributed by atoms with Gasteiger partial charge in [0.15, 0.2) is 0 Å². The van der Waals surface area contributed by atoms with Crippen molar-refractivity contribution in [1.82, 2.24) is 10.2 Å². The van der Waals surface area contributed by atoms with Crippen LogP contribution in [0.15, 0.2) is 0 Å². The van der Waals surface area contributed by atoms with Gasteiger partial charge in [0.2, 0.25) is 5.91 Å². The van der Waals surface area contributed by atoms with Crippen molar-refractivity contribution in [1.29, 1.82) is 0 Å². The Morgan fingerprint density at radius 3 is 1.83 bits per heavy atom. The molecule has 30 heavy (non-hydrogen) atoms. The van der Waals surface area contributed by atoms with Crippen molar-refractivity contribution >= 4 is 5.91 Å². The molecule has 3 unspecified atom stereocenters. The van der Waals surface area contributed by atoms with Gasteiger partial charge in [0, 0.05) is 32.6 Å². The van der Waals surface area contributed by atoms with E-state index >= 15 is 0 Å². The minimum absolute atomic E-state index is 0.218. The summed E-state index contributed by atoms with van der Waals surface area (Å²) >= 11 is 0. The van der Waals surface area contributed by atoms with Crippen molar-refractivity contribution in [3.05, 3.63) is 0 Å². The number of amides is 1. The molecule has 1 heterocycles. The average Bonchev–Trinajstić information content (AvgIpc) is 2.68. The molecule has 0 aromatic heterocycles. The van der Waals surface area contributed by atoms with Gasteiger partial charge in [0.05, 0.1) is 13.2 Å². The van der Waals surface area contributed by atoms with Gasteiger partial charge in [-0.1, -0.05) is 92.4 Å². The molecule has 1 aliphatic rings. The van der Waals surface area contributed by atoms with Crippen LogP contribution in [0.1, 0.15) is 98.8 Å². The average molecular weight is 425 g/mol. The second-order valence-electron chi connectivity index (χ2n) is 10.5. The highest BCUT2D eigenvalue weighted by Gasteiger charge is 2.13. The molecule has 1 amide bonds. The van der Waals surface area contributed by atoms with Crippen LogP contribution in [0.4, 0.5) is 0 Å². The van der Waals surface area contributed by atoms with E-state index in [0.717, 1.165) is 57.1 Å². The third-order valence-corrected chi connectivity index (χ3v) is 6.65. The molecule has 1 rings (SSSR count). The standard InChI is InChI=1S/C26H52N2O2/c1-22(2)9-6-10-23(3)11-7-12-24(4)13-8-14-25(5)21-26(29)27-15-16-28-17-19-30-20-18-28/h22-25H,6-21H2,1-5H3,(H,27,29). The van der Waals surface area contributed by atoms with Crippen LogP contribution in [0.25, 0.3) is 0 Å². The third kappa shape index (κ3) is 15.2. The Kier molecular flexibility index (Phi) is 15.5. The topological polar surface area (TPSA) is 41.6 Å². The van der Waals surface area contributed by atoms with E-state index in [9.17, 15) is 4.79 Å². The van der Waals surface area contributed by atoms with Crippen molar-refractivity contribution < 1.29 is 9.53 Å². The van der Waals surface area contributed by atoms with Gasteiger partial charge in [0.25, 0.3) is 0 Å². The third-order valence-electron chi connectivity index (χ3n) is 6.65. The van der Waals surface area contributed by atoms with Crippen LogP contribution in [0.2, 0.25) is 0 Å². The molecule has 0 aliphatic carbocycles. The van der Waals surface area contributed by atoms with Gasteiger partial charge in [0.1, 0.15) is 0 Å². The van der Waals surface area contributed by atoms with E-state index in [-0.39, 0.29) is 5.91 Å². The zero-order chi connectivity index (χ0) is 22.2. The lowest BCUT2D eigenvalue weighted by atomic mass is 9.90. The molecule has 1 N–H and O–H groups in total. The van der Waals surface area contributed by atoms with Crippen LogP contribution in [-0.2, 0) is 9.53 Å². The van der Waals surface area contributed by atoms with Crippen LogP contribution in [0.5, 0.6) is 0 Å². The van der Waals surface area contributed by atoms with Crippen molar-refractivity contribution in [2.45, 2.75) is 98.8 Å². The Balaban J connectivity index is 1.97. The number of carbonyl (C=O) groups is 1. The molecule has 4 nitrogen and oxygen atoms in total. The van der Waals surface area contributed by atoms with Gasteiger partial charge in [-0.25, -0.2) is 0 Å². The molecule has 3 atom stereocenters. The first-order valence-electron chi connectivity index (χ1n) is 12.9. The van der Waals surface area contributed by atoms with E-state index in [2.05, 4.69) is 44.8 Å². The molecule has 1 saturated heterocycles. The SMILES string of the molecule is CC(C)CCCC(C)CCCC(C)CCCC(C)CC(=O)NCCN1CCOCC1. The van der Waals surface area contributed by atoms with Crippen LogP contribution < -0.4 is 5.32 Å². The number of morpholine rings is 1. The largest absolute Gasteiger partial charge is 0.379 e. The fourth-order valence-electron chi connectivity index (χ4n) is 4.46. The van der Waals surface area contributed by atoms with Crippen molar-refractivity contribution in [2.75, 3.05) is 39.4 Å². The summed E-state index contributed by atoms with van der Waals surface area (Å²) in [5.41, 5.74) is 0. The summed E-state index contributed by atoms with van der Waals surface area (Å²) in [5.74, 6) is 3.26. The van der Waals surface area contributed by atoms with Crippen LogP contribution in [0, 0.1) is 23.7 Å². The summed E-state index contributed by atoms with van der Waals surface area (Å²) in [6.45, 7) is 17.0. The Labute approximate surface area is 187 Å². The minimum Gasteiger partial charge on any atom is -0.379 e. The Morgan fingerprint density at radius 1 is 0.800 bits per heavy atom. The number of nitrogens with zero attached hydrogens (tertiary/aromatic N) is 1. The fourth-order valence-corrected chi connectivity index (χ4v) is 4.46. The highest BCUT2D eigenvalue weighted by Crippen LogP contribution is 2.22. The highest BCUT2D eigenvalue weighted by molar-refractivity contribution is 5.76.